The summed E-state index contributed by atoms with van der Waals surface area (Å²) in [6.45, 7) is 2.44. The number of benzene rings is 2. The topological polar surface area (TPSA) is 80.0 Å². The van der Waals surface area contributed by atoms with Gasteiger partial charge in [0.05, 0.1) is 17.6 Å². The van der Waals surface area contributed by atoms with E-state index in [2.05, 4.69) is 32.2 Å². The van der Waals surface area contributed by atoms with Crippen LogP contribution < -0.4 is 5.69 Å². The maximum Gasteiger partial charge on any atom is 0.326 e. The highest BCUT2D eigenvalue weighted by Crippen LogP contribution is 2.25. The number of piperidine rings is 1. The number of hydrogen-bond acceptors (Lipinski definition) is 5. The molecule has 1 fully saturated rings. The number of nitrogens with zero attached hydrogens (tertiary/aromatic N) is 4. The van der Waals surface area contributed by atoms with E-state index in [0.29, 0.717) is 24.7 Å². The van der Waals surface area contributed by atoms with E-state index in [1.54, 1.807) is 0 Å². The van der Waals surface area contributed by atoms with Gasteiger partial charge in [-0.1, -0.05) is 47.6 Å². The van der Waals surface area contributed by atoms with Crippen LogP contribution in [0.2, 0.25) is 0 Å². The quantitative estimate of drug-likeness (QED) is 0.567. The number of rotatable bonds is 5. The lowest BCUT2D eigenvalue weighted by molar-refractivity contribution is 0.161. The van der Waals surface area contributed by atoms with Gasteiger partial charge in [0.2, 0.25) is 5.89 Å². The summed E-state index contributed by atoms with van der Waals surface area (Å²) in [5.41, 5.74) is 3.03. The van der Waals surface area contributed by atoms with Gasteiger partial charge in [0, 0.05) is 25.6 Å². The highest BCUT2D eigenvalue weighted by Gasteiger charge is 2.24. The average Bonchev–Trinajstić information content (AvgIpc) is 3.32. The van der Waals surface area contributed by atoms with Crippen LogP contribution in [-0.2, 0) is 13.0 Å². The molecular weight excluding hydrogens is 366 g/mol. The second kappa shape index (κ2) is 7.67. The van der Waals surface area contributed by atoms with Gasteiger partial charge in [-0.25, -0.2) is 4.79 Å². The zero-order valence-electron chi connectivity index (χ0n) is 16.1. The summed E-state index contributed by atoms with van der Waals surface area (Å²) in [7, 11) is 0. The number of H-pyrrole nitrogens is 1. The van der Waals surface area contributed by atoms with Crippen LogP contribution in [0, 0.1) is 0 Å². The normalized spacial score (nSPS) is 15.9. The molecule has 1 saturated heterocycles. The minimum Gasteiger partial charge on any atom is -0.338 e. The van der Waals surface area contributed by atoms with Crippen LogP contribution in [0.4, 0.5) is 0 Å². The smallest absolute Gasteiger partial charge is 0.326 e. The van der Waals surface area contributed by atoms with Crippen molar-refractivity contribution < 1.29 is 4.52 Å². The average molecular weight is 389 g/mol. The van der Waals surface area contributed by atoms with Crippen LogP contribution in [0.3, 0.4) is 0 Å². The van der Waals surface area contributed by atoms with Gasteiger partial charge in [-0.15, -0.1) is 0 Å². The molecule has 1 aliphatic heterocycles. The number of fused-ring (bicyclic) bond motifs is 1. The molecule has 0 spiro atoms. The summed E-state index contributed by atoms with van der Waals surface area (Å²) in [6, 6.07) is 18.2. The number of para-hydroxylation sites is 2. The van der Waals surface area contributed by atoms with Crippen LogP contribution in [-0.4, -0.2) is 37.7 Å². The Morgan fingerprint density at radius 2 is 1.79 bits per heavy atom. The molecule has 29 heavy (non-hydrogen) atoms. The van der Waals surface area contributed by atoms with E-state index in [-0.39, 0.29) is 11.7 Å². The second-order valence-corrected chi connectivity index (χ2v) is 7.59. The lowest BCUT2D eigenvalue weighted by Crippen LogP contribution is -2.36. The zero-order valence-corrected chi connectivity index (χ0v) is 16.1. The second-order valence-electron chi connectivity index (χ2n) is 7.59. The Morgan fingerprint density at radius 1 is 1.03 bits per heavy atom. The van der Waals surface area contributed by atoms with Crippen molar-refractivity contribution in [2.75, 3.05) is 13.1 Å². The first-order valence-corrected chi connectivity index (χ1v) is 10.0. The molecule has 4 aromatic rings. The van der Waals surface area contributed by atoms with Crippen LogP contribution in [0.5, 0.6) is 0 Å². The first-order chi connectivity index (χ1) is 14.3. The predicted octanol–water partition coefficient (Wildman–Crippen LogP) is 3.14. The van der Waals surface area contributed by atoms with E-state index >= 15 is 0 Å². The van der Waals surface area contributed by atoms with Crippen molar-refractivity contribution in [1.29, 1.82) is 0 Å². The van der Waals surface area contributed by atoms with E-state index in [1.165, 1.54) is 5.56 Å². The third-order valence-electron chi connectivity index (χ3n) is 5.62. The van der Waals surface area contributed by atoms with Gasteiger partial charge in [0.25, 0.3) is 0 Å². The van der Waals surface area contributed by atoms with Crippen molar-refractivity contribution in [3.05, 3.63) is 82.4 Å². The molecular formula is C22H23N5O2. The number of likely N-dealkylation sites (tertiary alicyclic amines) is 1. The molecule has 7 heteroatoms. The molecule has 7 nitrogen and oxygen atoms in total. The fourth-order valence-electron chi connectivity index (χ4n) is 4.17. The molecule has 1 N–H and O–H groups in total. The molecule has 0 atom stereocenters. The lowest BCUT2D eigenvalue weighted by atomic mass is 10.0. The Bertz CT molecular complexity index is 1150. The lowest BCUT2D eigenvalue weighted by Gasteiger charge is -2.31. The summed E-state index contributed by atoms with van der Waals surface area (Å²) < 4.78 is 7.37. The largest absolute Gasteiger partial charge is 0.338 e. The highest BCUT2D eigenvalue weighted by molar-refractivity contribution is 5.75. The molecule has 2 aromatic heterocycles. The van der Waals surface area contributed by atoms with Crippen molar-refractivity contribution in [2.45, 2.75) is 31.8 Å². The summed E-state index contributed by atoms with van der Waals surface area (Å²) in [5, 5.41) is 4.12. The molecule has 2 aromatic carbocycles. The maximum absolute atomic E-state index is 12.4. The van der Waals surface area contributed by atoms with Crippen molar-refractivity contribution in [2.24, 2.45) is 0 Å². The van der Waals surface area contributed by atoms with Crippen molar-refractivity contribution in [3.8, 4) is 0 Å². The van der Waals surface area contributed by atoms with Crippen LogP contribution in [0.1, 0.15) is 36.2 Å². The van der Waals surface area contributed by atoms with Crippen molar-refractivity contribution in [3.63, 3.8) is 0 Å². The summed E-state index contributed by atoms with van der Waals surface area (Å²) >= 11 is 0. The fraction of sp³-hybridized carbons (Fsp3) is 0.318. The fourth-order valence-corrected chi connectivity index (χ4v) is 4.17. The molecule has 1 aliphatic rings. The van der Waals surface area contributed by atoms with Gasteiger partial charge < -0.3 is 9.51 Å². The van der Waals surface area contributed by atoms with Crippen molar-refractivity contribution in [1.82, 2.24) is 24.6 Å². The molecule has 0 radical (unpaired) electrons. The third kappa shape index (κ3) is 3.73. The summed E-state index contributed by atoms with van der Waals surface area (Å²) in [5.74, 6) is 1.37. The predicted molar refractivity (Wildman–Crippen MR) is 110 cm³/mol. The minimum atomic E-state index is -0.0212. The Labute approximate surface area is 168 Å². The number of imidazole rings is 1. The van der Waals surface area contributed by atoms with Crippen LogP contribution in [0.15, 0.2) is 63.9 Å². The Balaban J connectivity index is 1.21. The van der Waals surface area contributed by atoms with E-state index in [0.717, 1.165) is 37.0 Å². The van der Waals surface area contributed by atoms with Gasteiger partial charge in [-0.05, 0) is 30.5 Å². The molecule has 0 aliphatic carbocycles. The monoisotopic (exact) mass is 389 g/mol. The molecule has 0 amide bonds. The standard InChI is InChI=1S/C22H23N5O2/c28-22-23-18-8-4-5-9-19(18)27(22)17-10-12-26(13-11-17)15-21-24-20(25-29-21)14-16-6-2-1-3-7-16/h1-9,17H,10-15H2,(H,23,28). The summed E-state index contributed by atoms with van der Waals surface area (Å²) in [4.78, 5) is 22.2. The molecule has 3 heterocycles. The van der Waals surface area contributed by atoms with Gasteiger partial charge in [0.15, 0.2) is 5.82 Å². The van der Waals surface area contributed by atoms with E-state index in [1.807, 2.05) is 47.0 Å². The Kier molecular flexibility index (Phi) is 4.73. The van der Waals surface area contributed by atoms with E-state index < -0.39 is 0 Å². The van der Waals surface area contributed by atoms with Gasteiger partial charge in [-0.3, -0.25) is 9.47 Å². The number of nitrogens with one attached hydrogen (secondary N) is 1. The van der Waals surface area contributed by atoms with E-state index in [9.17, 15) is 4.79 Å². The van der Waals surface area contributed by atoms with Gasteiger partial charge in [0.1, 0.15) is 0 Å². The molecule has 5 rings (SSSR count). The number of aromatic nitrogens is 4. The van der Waals surface area contributed by atoms with Gasteiger partial charge >= 0.3 is 5.69 Å². The zero-order chi connectivity index (χ0) is 19.6. The third-order valence-corrected chi connectivity index (χ3v) is 5.62. The van der Waals surface area contributed by atoms with E-state index in [4.69, 9.17) is 4.52 Å². The maximum atomic E-state index is 12.4. The van der Waals surface area contributed by atoms with Gasteiger partial charge in [-0.2, -0.15) is 4.98 Å². The molecule has 0 unspecified atom stereocenters. The van der Waals surface area contributed by atoms with Crippen LogP contribution >= 0.6 is 0 Å². The minimum absolute atomic E-state index is 0.0212. The number of hydrogen-bond donors (Lipinski definition) is 1. The highest BCUT2D eigenvalue weighted by atomic mass is 16.5. The Morgan fingerprint density at radius 3 is 2.62 bits per heavy atom. The molecule has 0 saturated carbocycles. The van der Waals surface area contributed by atoms with Crippen molar-refractivity contribution >= 4 is 11.0 Å². The Hall–Kier alpha value is -3.19. The summed E-state index contributed by atoms with van der Waals surface area (Å²) in [6.07, 6.45) is 2.52. The SMILES string of the molecule is O=c1[nH]c2ccccc2n1C1CCN(Cc2nc(Cc3ccccc3)no2)CC1. The van der Waals surface area contributed by atoms with Crippen LogP contribution in [0.25, 0.3) is 11.0 Å². The molecule has 0 bridgehead atoms. The first-order valence-electron chi connectivity index (χ1n) is 10.0. The number of aromatic amines is 1. The first kappa shape index (κ1) is 17.9. The molecule has 148 valence electrons.